The number of nitrogens with one attached hydrogen (secondary N) is 3. The van der Waals surface area contributed by atoms with Crippen molar-refractivity contribution in [1.29, 1.82) is 0 Å². The number of carbonyl (C=O) groups excluding carboxylic acids is 2. The van der Waals surface area contributed by atoms with Crippen LogP contribution in [0.4, 0.5) is 5.00 Å². The Labute approximate surface area is 159 Å². The first-order chi connectivity index (χ1) is 11.9. The molecule has 134 valence electrons. The second-order valence-electron chi connectivity index (χ2n) is 5.18. The van der Waals surface area contributed by atoms with E-state index in [-0.39, 0.29) is 11.0 Å². The number of ether oxygens (including phenoxy) is 1. The maximum absolute atomic E-state index is 12.1. The minimum atomic E-state index is -0.444. The predicted molar refractivity (Wildman–Crippen MR) is 106 cm³/mol. The molecule has 0 saturated carbocycles. The van der Waals surface area contributed by atoms with Gasteiger partial charge in [0.15, 0.2) is 5.11 Å². The van der Waals surface area contributed by atoms with E-state index in [4.69, 9.17) is 17.0 Å². The van der Waals surface area contributed by atoms with E-state index < -0.39 is 5.97 Å². The standard InChI is InChI=1S/C16H19N3O3S3/c1-4-5-11-7-10(8-24-11)13(20)18-19-16(23)17-14-12(15(21)22-3)6-9(2)25-14/h6-8H,4-5H2,1-3H3,(H,18,20)(H2,17,19,23). The molecule has 0 spiro atoms. The van der Waals surface area contributed by atoms with Gasteiger partial charge in [-0.15, -0.1) is 22.7 Å². The third-order valence-corrected chi connectivity index (χ3v) is 5.36. The van der Waals surface area contributed by atoms with Crippen LogP contribution in [0.3, 0.4) is 0 Å². The van der Waals surface area contributed by atoms with Crippen LogP contribution in [0, 0.1) is 6.92 Å². The van der Waals surface area contributed by atoms with Gasteiger partial charge in [0.1, 0.15) is 5.00 Å². The van der Waals surface area contributed by atoms with E-state index in [1.807, 2.05) is 18.4 Å². The highest BCUT2D eigenvalue weighted by Crippen LogP contribution is 2.28. The van der Waals surface area contributed by atoms with Crippen molar-refractivity contribution in [2.45, 2.75) is 26.7 Å². The molecule has 0 aliphatic heterocycles. The monoisotopic (exact) mass is 397 g/mol. The summed E-state index contributed by atoms with van der Waals surface area (Å²) in [5.74, 6) is -0.710. The van der Waals surface area contributed by atoms with Crippen molar-refractivity contribution in [3.63, 3.8) is 0 Å². The number of hydrogen-bond donors (Lipinski definition) is 3. The van der Waals surface area contributed by atoms with Crippen LogP contribution < -0.4 is 16.2 Å². The van der Waals surface area contributed by atoms with E-state index in [2.05, 4.69) is 23.1 Å². The molecule has 0 unspecified atom stereocenters. The average molecular weight is 398 g/mol. The third-order valence-electron chi connectivity index (χ3n) is 3.19. The summed E-state index contributed by atoms with van der Waals surface area (Å²) < 4.78 is 4.75. The smallest absolute Gasteiger partial charge is 0.340 e. The number of thiocarbonyl (C=S) groups is 1. The van der Waals surface area contributed by atoms with Gasteiger partial charge in [-0.1, -0.05) is 13.3 Å². The minimum absolute atomic E-state index is 0.185. The normalized spacial score (nSPS) is 10.2. The summed E-state index contributed by atoms with van der Waals surface area (Å²) in [7, 11) is 1.32. The van der Waals surface area contributed by atoms with Gasteiger partial charge < -0.3 is 10.1 Å². The van der Waals surface area contributed by atoms with Gasteiger partial charge in [0, 0.05) is 15.1 Å². The highest BCUT2D eigenvalue weighted by molar-refractivity contribution is 7.80. The van der Waals surface area contributed by atoms with Gasteiger partial charge in [-0.25, -0.2) is 4.79 Å². The van der Waals surface area contributed by atoms with Gasteiger partial charge in [0.2, 0.25) is 0 Å². The van der Waals surface area contributed by atoms with Gasteiger partial charge >= 0.3 is 5.97 Å². The van der Waals surface area contributed by atoms with Gasteiger partial charge in [0.25, 0.3) is 5.91 Å². The van der Waals surface area contributed by atoms with Crippen LogP contribution in [0.2, 0.25) is 0 Å². The summed E-state index contributed by atoms with van der Waals surface area (Å²) in [4.78, 5) is 26.0. The van der Waals surface area contributed by atoms with E-state index in [0.717, 1.165) is 17.7 Å². The van der Waals surface area contributed by atoms with Gasteiger partial charge in [0.05, 0.1) is 18.2 Å². The summed E-state index contributed by atoms with van der Waals surface area (Å²) in [6.45, 7) is 3.98. The molecule has 0 radical (unpaired) electrons. The first-order valence-electron chi connectivity index (χ1n) is 7.58. The number of hydrazine groups is 1. The topological polar surface area (TPSA) is 79.5 Å². The lowest BCUT2D eigenvalue weighted by Gasteiger charge is -2.11. The summed E-state index contributed by atoms with van der Waals surface area (Å²) in [6.07, 6.45) is 2.00. The van der Waals surface area contributed by atoms with Crippen LogP contribution in [0.25, 0.3) is 0 Å². The van der Waals surface area contributed by atoms with E-state index in [0.29, 0.717) is 16.1 Å². The molecule has 0 fully saturated rings. The fourth-order valence-electron chi connectivity index (χ4n) is 2.07. The van der Waals surface area contributed by atoms with Crippen molar-refractivity contribution in [3.05, 3.63) is 38.4 Å². The summed E-state index contributed by atoms with van der Waals surface area (Å²) in [5, 5.41) is 5.47. The quantitative estimate of drug-likeness (QED) is 0.407. The van der Waals surface area contributed by atoms with Crippen molar-refractivity contribution >= 4 is 56.9 Å². The van der Waals surface area contributed by atoms with E-state index in [1.54, 1.807) is 17.4 Å². The zero-order chi connectivity index (χ0) is 18.4. The Morgan fingerprint density at radius 2 is 2.04 bits per heavy atom. The zero-order valence-corrected chi connectivity index (χ0v) is 16.5. The van der Waals surface area contributed by atoms with Crippen molar-refractivity contribution in [3.8, 4) is 0 Å². The molecule has 2 aromatic heterocycles. The summed E-state index contributed by atoms with van der Waals surface area (Å²) >= 11 is 8.10. The molecular formula is C16H19N3O3S3. The third kappa shape index (κ3) is 5.25. The molecule has 0 aliphatic rings. The fraction of sp³-hybridized carbons (Fsp3) is 0.312. The first kappa shape index (κ1) is 19.4. The van der Waals surface area contributed by atoms with Crippen molar-refractivity contribution in [2.75, 3.05) is 12.4 Å². The van der Waals surface area contributed by atoms with Crippen LogP contribution in [-0.2, 0) is 11.2 Å². The molecule has 6 nitrogen and oxygen atoms in total. The van der Waals surface area contributed by atoms with Crippen molar-refractivity contribution < 1.29 is 14.3 Å². The number of carbonyl (C=O) groups is 2. The number of aryl methyl sites for hydroxylation is 2. The number of anilines is 1. The Hall–Kier alpha value is -1.97. The van der Waals surface area contributed by atoms with Crippen molar-refractivity contribution in [2.24, 2.45) is 0 Å². The fourth-order valence-corrected chi connectivity index (χ4v) is 4.16. The number of hydrogen-bond acceptors (Lipinski definition) is 6. The predicted octanol–water partition coefficient (Wildman–Crippen LogP) is 3.49. The Bertz CT molecular complexity index is 783. The van der Waals surface area contributed by atoms with Crippen LogP contribution in [0.1, 0.15) is 43.8 Å². The average Bonchev–Trinajstić information content (AvgIpc) is 3.19. The summed E-state index contributed by atoms with van der Waals surface area (Å²) in [6, 6.07) is 3.60. The first-order valence-corrected chi connectivity index (χ1v) is 9.68. The Morgan fingerprint density at radius 3 is 2.72 bits per heavy atom. The molecule has 3 N–H and O–H groups in total. The number of methoxy groups -OCH3 is 1. The molecule has 1 amide bonds. The Kier molecular flexibility index (Phi) is 6.91. The molecule has 9 heteroatoms. The molecule has 2 rings (SSSR count). The summed E-state index contributed by atoms with van der Waals surface area (Å²) in [5.41, 5.74) is 6.18. The van der Waals surface area contributed by atoms with E-state index >= 15 is 0 Å². The molecule has 2 aromatic rings. The maximum Gasteiger partial charge on any atom is 0.340 e. The number of esters is 1. The molecule has 0 aromatic carbocycles. The molecule has 0 atom stereocenters. The largest absolute Gasteiger partial charge is 0.465 e. The number of rotatable bonds is 5. The molecule has 0 aliphatic carbocycles. The minimum Gasteiger partial charge on any atom is -0.465 e. The van der Waals surface area contributed by atoms with Crippen LogP contribution in [0.15, 0.2) is 17.5 Å². The lowest BCUT2D eigenvalue weighted by Crippen LogP contribution is -2.43. The maximum atomic E-state index is 12.1. The Balaban J connectivity index is 1.92. The van der Waals surface area contributed by atoms with Crippen molar-refractivity contribution in [1.82, 2.24) is 10.9 Å². The second kappa shape index (κ2) is 8.93. The molecular weight excluding hydrogens is 378 g/mol. The zero-order valence-electron chi connectivity index (χ0n) is 14.1. The highest BCUT2D eigenvalue weighted by atomic mass is 32.1. The Morgan fingerprint density at radius 1 is 1.28 bits per heavy atom. The van der Waals surface area contributed by atoms with Crippen LogP contribution in [0.5, 0.6) is 0 Å². The second-order valence-corrected chi connectivity index (χ2v) is 7.84. The molecule has 0 bridgehead atoms. The molecule has 25 heavy (non-hydrogen) atoms. The van der Waals surface area contributed by atoms with E-state index in [1.165, 1.54) is 23.3 Å². The SMILES string of the molecule is CCCc1cc(C(=O)NNC(=S)Nc2sc(C)cc2C(=O)OC)cs1. The van der Waals surface area contributed by atoms with Gasteiger partial charge in [-0.3, -0.25) is 15.6 Å². The lowest BCUT2D eigenvalue weighted by molar-refractivity contribution is 0.0602. The van der Waals surface area contributed by atoms with Gasteiger partial charge in [-0.2, -0.15) is 0 Å². The number of thiophene rings is 2. The van der Waals surface area contributed by atoms with Crippen LogP contribution >= 0.6 is 34.9 Å². The lowest BCUT2D eigenvalue weighted by atomic mass is 10.2. The van der Waals surface area contributed by atoms with E-state index in [9.17, 15) is 9.59 Å². The number of amides is 1. The van der Waals surface area contributed by atoms with Crippen LogP contribution in [-0.4, -0.2) is 24.1 Å². The molecule has 2 heterocycles. The molecule has 0 saturated heterocycles. The highest BCUT2D eigenvalue weighted by Gasteiger charge is 2.16. The van der Waals surface area contributed by atoms with Gasteiger partial charge in [-0.05, 0) is 37.7 Å².